The number of carboxylic acid groups (broad SMARTS) is 1. The van der Waals surface area contributed by atoms with Crippen LogP contribution in [0.5, 0.6) is 0 Å². The zero-order chi connectivity index (χ0) is 14.8. The van der Waals surface area contributed by atoms with Crippen LogP contribution in [0.15, 0.2) is 42.0 Å². The summed E-state index contributed by atoms with van der Waals surface area (Å²) in [6.07, 6.45) is 3.75. The Morgan fingerprint density at radius 3 is 2.95 bits per heavy atom. The summed E-state index contributed by atoms with van der Waals surface area (Å²) in [7, 11) is 1.81. The van der Waals surface area contributed by atoms with Gasteiger partial charge in [0.15, 0.2) is 5.69 Å². The second-order valence-corrected chi connectivity index (χ2v) is 5.30. The maximum Gasteiger partial charge on any atom is 0.355 e. The summed E-state index contributed by atoms with van der Waals surface area (Å²) in [5.74, 6) is -1.01. The highest BCUT2D eigenvalue weighted by Gasteiger charge is 2.16. The molecule has 0 saturated carbocycles. The average Bonchev–Trinajstić information content (AvgIpc) is 3.12. The number of nitrogens with one attached hydrogen (secondary N) is 2. The molecular formula is C15H13N3O2S. The Balaban J connectivity index is 2.14. The lowest BCUT2D eigenvalue weighted by molar-refractivity contribution is 0.0691. The van der Waals surface area contributed by atoms with Crippen molar-refractivity contribution in [2.24, 2.45) is 0 Å². The predicted molar refractivity (Wildman–Crippen MR) is 83.5 cm³/mol. The van der Waals surface area contributed by atoms with E-state index in [1.165, 1.54) is 11.3 Å². The van der Waals surface area contributed by atoms with Crippen molar-refractivity contribution in [2.75, 3.05) is 7.05 Å². The molecule has 0 unspecified atom stereocenters. The maximum absolute atomic E-state index is 11.0. The molecule has 0 spiro atoms. The molecule has 6 heteroatoms. The zero-order valence-corrected chi connectivity index (χ0v) is 12.1. The Bertz CT molecular complexity index is 832. The maximum atomic E-state index is 11.0. The number of aromatic carboxylic acids is 1. The van der Waals surface area contributed by atoms with Gasteiger partial charge < -0.3 is 15.4 Å². The van der Waals surface area contributed by atoms with Crippen molar-refractivity contribution in [1.82, 2.24) is 15.3 Å². The van der Waals surface area contributed by atoms with Crippen molar-refractivity contribution >= 4 is 33.8 Å². The van der Waals surface area contributed by atoms with E-state index in [2.05, 4.69) is 15.3 Å². The van der Waals surface area contributed by atoms with E-state index in [1.54, 1.807) is 12.4 Å². The van der Waals surface area contributed by atoms with Crippen molar-refractivity contribution in [1.29, 1.82) is 0 Å². The van der Waals surface area contributed by atoms with Crippen molar-refractivity contribution in [3.05, 3.63) is 58.3 Å². The lowest BCUT2D eigenvalue weighted by Crippen LogP contribution is -1.99. The minimum Gasteiger partial charge on any atom is -0.476 e. The molecule has 0 saturated heterocycles. The first-order valence-corrected chi connectivity index (χ1v) is 7.22. The van der Waals surface area contributed by atoms with Crippen LogP contribution in [0, 0.1) is 0 Å². The molecule has 21 heavy (non-hydrogen) atoms. The second kappa shape index (κ2) is 5.41. The van der Waals surface area contributed by atoms with E-state index in [-0.39, 0.29) is 5.69 Å². The van der Waals surface area contributed by atoms with Crippen molar-refractivity contribution in [3.8, 4) is 0 Å². The highest BCUT2D eigenvalue weighted by Crippen LogP contribution is 2.31. The van der Waals surface area contributed by atoms with Crippen LogP contribution in [0.2, 0.25) is 0 Å². The van der Waals surface area contributed by atoms with E-state index < -0.39 is 5.97 Å². The Hall–Kier alpha value is -2.60. The molecule has 0 radical (unpaired) electrons. The van der Waals surface area contributed by atoms with E-state index in [0.717, 1.165) is 22.0 Å². The standard InChI is InChI=1S/C15H13N3O2S/c1-16-6-11(14-18-13(8-21-14)15(19)20)10-7-17-12-5-3-2-4-9(10)12/h2-8,16-17H,1H3,(H,19,20)/b11-6+. The fourth-order valence-electron chi connectivity index (χ4n) is 2.19. The van der Waals surface area contributed by atoms with Gasteiger partial charge in [-0.3, -0.25) is 0 Å². The summed E-state index contributed by atoms with van der Waals surface area (Å²) in [5, 5.41) is 15.3. The van der Waals surface area contributed by atoms with Gasteiger partial charge in [0.2, 0.25) is 0 Å². The Kier molecular flexibility index (Phi) is 3.45. The van der Waals surface area contributed by atoms with Crippen LogP contribution in [0.25, 0.3) is 16.5 Å². The first-order chi connectivity index (χ1) is 10.2. The summed E-state index contributed by atoms with van der Waals surface area (Å²) < 4.78 is 0. The van der Waals surface area contributed by atoms with Gasteiger partial charge in [-0.15, -0.1) is 11.3 Å². The average molecular weight is 299 g/mol. The quantitative estimate of drug-likeness (QED) is 0.692. The van der Waals surface area contributed by atoms with Crippen molar-refractivity contribution < 1.29 is 9.90 Å². The summed E-state index contributed by atoms with van der Waals surface area (Å²) in [5.41, 5.74) is 2.96. The van der Waals surface area contributed by atoms with E-state index in [0.29, 0.717) is 5.01 Å². The highest BCUT2D eigenvalue weighted by molar-refractivity contribution is 7.11. The lowest BCUT2D eigenvalue weighted by Gasteiger charge is -2.03. The number of hydrogen-bond donors (Lipinski definition) is 3. The third-order valence-corrected chi connectivity index (χ3v) is 4.00. The largest absolute Gasteiger partial charge is 0.476 e. The van der Waals surface area contributed by atoms with Gasteiger partial charge >= 0.3 is 5.97 Å². The minimum absolute atomic E-state index is 0.0665. The molecule has 3 rings (SSSR count). The van der Waals surface area contributed by atoms with Crippen LogP contribution in [0.4, 0.5) is 0 Å². The number of carboxylic acids is 1. The molecular weight excluding hydrogens is 286 g/mol. The zero-order valence-electron chi connectivity index (χ0n) is 11.3. The number of fused-ring (bicyclic) bond motifs is 1. The Labute approximate surface area is 125 Å². The molecule has 3 aromatic rings. The molecule has 5 nitrogen and oxygen atoms in total. The molecule has 2 heterocycles. The van der Waals surface area contributed by atoms with E-state index >= 15 is 0 Å². The summed E-state index contributed by atoms with van der Waals surface area (Å²) >= 11 is 1.32. The SMILES string of the molecule is CN/C=C(/c1nc(C(=O)O)cs1)c1c[nH]c2ccccc12. The predicted octanol–water partition coefficient (Wildman–Crippen LogP) is 2.93. The first-order valence-electron chi connectivity index (χ1n) is 6.34. The lowest BCUT2D eigenvalue weighted by atomic mass is 10.1. The second-order valence-electron chi connectivity index (χ2n) is 4.44. The van der Waals surface area contributed by atoms with E-state index in [1.807, 2.05) is 36.7 Å². The number of carbonyl (C=O) groups is 1. The van der Waals surface area contributed by atoms with Gasteiger partial charge in [-0.05, 0) is 6.07 Å². The van der Waals surface area contributed by atoms with Gasteiger partial charge in [0, 0.05) is 46.9 Å². The molecule has 0 atom stereocenters. The number of nitrogens with zero attached hydrogens (tertiary/aromatic N) is 1. The number of rotatable bonds is 4. The fourth-order valence-corrected chi connectivity index (χ4v) is 3.01. The molecule has 0 amide bonds. The molecule has 1 aromatic carbocycles. The van der Waals surface area contributed by atoms with Gasteiger partial charge in [-0.25, -0.2) is 9.78 Å². The summed E-state index contributed by atoms with van der Waals surface area (Å²) in [6.45, 7) is 0. The van der Waals surface area contributed by atoms with Gasteiger partial charge in [-0.1, -0.05) is 18.2 Å². The number of aromatic amines is 1. The molecule has 0 aliphatic heterocycles. The molecule has 0 fully saturated rings. The third-order valence-electron chi connectivity index (χ3n) is 3.12. The van der Waals surface area contributed by atoms with Crippen LogP contribution in [-0.4, -0.2) is 28.1 Å². The topological polar surface area (TPSA) is 78.0 Å². The van der Waals surface area contributed by atoms with Crippen LogP contribution < -0.4 is 5.32 Å². The molecule has 0 aliphatic rings. The highest BCUT2D eigenvalue weighted by atomic mass is 32.1. The summed E-state index contributed by atoms with van der Waals surface area (Å²) in [6, 6.07) is 7.97. The Morgan fingerprint density at radius 1 is 1.43 bits per heavy atom. The number of thiazole rings is 1. The number of para-hydroxylation sites is 1. The molecule has 0 aliphatic carbocycles. The monoisotopic (exact) mass is 299 g/mol. The third kappa shape index (κ3) is 2.41. The molecule has 2 aromatic heterocycles. The van der Waals surface area contributed by atoms with Gasteiger partial charge in [0.05, 0.1) is 0 Å². The molecule has 106 valence electrons. The van der Waals surface area contributed by atoms with Crippen molar-refractivity contribution in [3.63, 3.8) is 0 Å². The molecule has 0 bridgehead atoms. The van der Waals surface area contributed by atoms with Crippen LogP contribution in [-0.2, 0) is 0 Å². The van der Waals surface area contributed by atoms with Crippen LogP contribution in [0.3, 0.4) is 0 Å². The van der Waals surface area contributed by atoms with E-state index in [4.69, 9.17) is 5.11 Å². The number of H-pyrrole nitrogens is 1. The van der Waals surface area contributed by atoms with Gasteiger partial charge in [-0.2, -0.15) is 0 Å². The normalized spacial score (nSPS) is 11.8. The summed E-state index contributed by atoms with van der Waals surface area (Å²) in [4.78, 5) is 18.4. The Morgan fingerprint density at radius 2 is 2.24 bits per heavy atom. The van der Waals surface area contributed by atoms with Crippen LogP contribution in [0.1, 0.15) is 21.1 Å². The number of benzene rings is 1. The fraction of sp³-hybridized carbons (Fsp3) is 0.0667. The smallest absolute Gasteiger partial charge is 0.355 e. The number of hydrogen-bond acceptors (Lipinski definition) is 4. The van der Waals surface area contributed by atoms with Crippen LogP contribution >= 0.6 is 11.3 Å². The number of aromatic nitrogens is 2. The first kappa shape index (κ1) is 13.4. The van der Waals surface area contributed by atoms with E-state index in [9.17, 15) is 4.79 Å². The van der Waals surface area contributed by atoms with Gasteiger partial charge in [0.25, 0.3) is 0 Å². The van der Waals surface area contributed by atoms with Crippen molar-refractivity contribution in [2.45, 2.75) is 0 Å². The molecule has 3 N–H and O–H groups in total. The van der Waals surface area contributed by atoms with Gasteiger partial charge in [0.1, 0.15) is 5.01 Å². The minimum atomic E-state index is -1.01.